The monoisotopic (exact) mass is 313 g/mol. The van der Waals surface area contributed by atoms with Gasteiger partial charge in [0.05, 0.1) is 0 Å². The fraction of sp³-hybridized carbons (Fsp3) is 0.136. The number of hydrogen-bond donors (Lipinski definition) is 1. The van der Waals surface area contributed by atoms with Crippen molar-refractivity contribution in [2.45, 2.75) is 20.8 Å². The highest BCUT2D eigenvalue weighted by molar-refractivity contribution is 6.35. The van der Waals surface area contributed by atoms with E-state index in [0.717, 1.165) is 22.4 Å². The highest BCUT2D eigenvalue weighted by atomic mass is 16.2. The minimum atomic E-state index is -0.0311. The standard InChI is InChI=1S/C22H19NO/c1-13-10-14(2)17-9-8-16(21(17)15(3)11-13)12-19-18-6-4-5-7-20(18)23-22(19)24/h4-12H,1-3H3,(H,23,24)/b19-12+. The Hall–Kier alpha value is -2.87. The van der Waals surface area contributed by atoms with Gasteiger partial charge < -0.3 is 5.32 Å². The van der Waals surface area contributed by atoms with E-state index >= 15 is 0 Å². The number of para-hydroxylation sites is 1. The smallest absolute Gasteiger partial charge is 0.256 e. The van der Waals surface area contributed by atoms with Crippen LogP contribution in [-0.4, -0.2) is 5.91 Å². The summed E-state index contributed by atoms with van der Waals surface area (Å²) in [6, 6.07) is 16.5. The van der Waals surface area contributed by atoms with Crippen molar-refractivity contribution in [1.29, 1.82) is 0 Å². The summed E-state index contributed by atoms with van der Waals surface area (Å²) in [6.07, 6.45) is 2.02. The van der Waals surface area contributed by atoms with Crippen molar-refractivity contribution in [3.8, 4) is 11.1 Å². The molecule has 4 rings (SSSR count). The van der Waals surface area contributed by atoms with Gasteiger partial charge >= 0.3 is 0 Å². The molecule has 2 nitrogen and oxygen atoms in total. The van der Waals surface area contributed by atoms with E-state index in [2.05, 4.69) is 50.4 Å². The zero-order valence-electron chi connectivity index (χ0n) is 14.1. The SMILES string of the molecule is Cc1cc(C)c2ccc(/C=C3/C(=O)Nc4ccccc43)c-2c(C)c1. The number of carbonyl (C=O) groups excluding carboxylic acids is 1. The van der Waals surface area contributed by atoms with E-state index in [4.69, 9.17) is 0 Å². The lowest BCUT2D eigenvalue weighted by Gasteiger charge is -2.04. The maximum Gasteiger partial charge on any atom is 0.256 e. The van der Waals surface area contributed by atoms with Crippen molar-refractivity contribution in [1.82, 2.24) is 0 Å². The average molecular weight is 313 g/mol. The molecule has 2 heteroatoms. The average Bonchev–Trinajstić information content (AvgIpc) is 3.06. The van der Waals surface area contributed by atoms with Crippen LogP contribution in [0.1, 0.15) is 27.8 Å². The van der Waals surface area contributed by atoms with E-state index in [9.17, 15) is 4.79 Å². The summed E-state index contributed by atoms with van der Waals surface area (Å²) in [7, 11) is 0. The zero-order chi connectivity index (χ0) is 16.8. The number of amides is 1. The third kappa shape index (κ3) is 2.23. The van der Waals surface area contributed by atoms with E-state index in [-0.39, 0.29) is 5.91 Å². The van der Waals surface area contributed by atoms with E-state index in [1.54, 1.807) is 0 Å². The third-order valence-corrected chi connectivity index (χ3v) is 4.71. The Morgan fingerprint density at radius 2 is 1.62 bits per heavy atom. The number of carbonyl (C=O) groups is 1. The predicted octanol–water partition coefficient (Wildman–Crippen LogP) is 5.21. The van der Waals surface area contributed by atoms with E-state index in [1.165, 1.54) is 27.8 Å². The van der Waals surface area contributed by atoms with Crippen LogP contribution in [0, 0.1) is 20.8 Å². The van der Waals surface area contributed by atoms with E-state index in [0.29, 0.717) is 0 Å². The summed E-state index contributed by atoms with van der Waals surface area (Å²) < 4.78 is 0. The first-order valence-corrected chi connectivity index (χ1v) is 8.17. The zero-order valence-corrected chi connectivity index (χ0v) is 14.1. The van der Waals surface area contributed by atoms with Crippen LogP contribution in [0.2, 0.25) is 0 Å². The van der Waals surface area contributed by atoms with Gasteiger partial charge in [-0.1, -0.05) is 48.0 Å². The molecule has 3 aliphatic rings. The van der Waals surface area contributed by atoms with Gasteiger partial charge in [0.1, 0.15) is 0 Å². The highest BCUT2D eigenvalue weighted by Crippen LogP contribution is 2.38. The van der Waals surface area contributed by atoms with Crippen molar-refractivity contribution >= 4 is 23.2 Å². The Morgan fingerprint density at radius 3 is 2.46 bits per heavy atom. The molecular weight excluding hydrogens is 294 g/mol. The molecule has 0 spiro atoms. The summed E-state index contributed by atoms with van der Waals surface area (Å²) in [4.78, 5) is 12.4. The summed E-state index contributed by atoms with van der Waals surface area (Å²) in [5, 5.41) is 2.94. The number of hydrogen-bond acceptors (Lipinski definition) is 1. The topological polar surface area (TPSA) is 29.1 Å². The van der Waals surface area contributed by atoms with Crippen molar-refractivity contribution in [2.75, 3.05) is 5.32 Å². The van der Waals surface area contributed by atoms with Gasteiger partial charge in [-0.3, -0.25) is 4.79 Å². The molecule has 1 aromatic carbocycles. The quantitative estimate of drug-likeness (QED) is 0.614. The van der Waals surface area contributed by atoms with Gasteiger partial charge in [0.25, 0.3) is 5.91 Å². The van der Waals surface area contributed by atoms with Crippen LogP contribution >= 0.6 is 0 Å². The number of anilines is 1. The molecule has 1 aliphatic heterocycles. The van der Waals surface area contributed by atoms with Crippen molar-refractivity contribution in [3.05, 3.63) is 76.3 Å². The minimum absolute atomic E-state index is 0.0311. The van der Waals surface area contributed by atoms with Crippen LogP contribution in [0.5, 0.6) is 0 Å². The molecule has 2 aliphatic carbocycles. The molecule has 0 aromatic heterocycles. The Kier molecular flexibility index (Phi) is 3.27. The van der Waals surface area contributed by atoms with Crippen LogP contribution in [0.15, 0.2) is 48.5 Å². The first-order chi connectivity index (χ1) is 11.5. The van der Waals surface area contributed by atoms with Gasteiger partial charge in [-0.25, -0.2) is 0 Å². The van der Waals surface area contributed by atoms with E-state index in [1.807, 2.05) is 30.3 Å². The lowest BCUT2D eigenvalue weighted by molar-refractivity contribution is -0.110. The largest absolute Gasteiger partial charge is 0.321 e. The molecule has 0 atom stereocenters. The van der Waals surface area contributed by atoms with Crippen LogP contribution in [0.4, 0.5) is 5.69 Å². The molecule has 118 valence electrons. The summed E-state index contributed by atoms with van der Waals surface area (Å²) in [5.74, 6) is -0.0311. The molecule has 1 aromatic rings. The molecule has 1 amide bonds. The summed E-state index contributed by atoms with van der Waals surface area (Å²) in [6.45, 7) is 6.40. The van der Waals surface area contributed by atoms with Gasteiger partial charge in [-0.15, -0.1) is 0 Å². The van der Waals surface area contributed by atoms with Crippen LogP contribution in [-0.2, 0) is 4.79 Å². The molecular formula is C22H19NO. The fourth-order valence-corrected chi connectivity index (χ4v) is 3.70. The van der Waals surface area contributed by atoms with Crippen molar-refractivity contribution in [3.63, 3.8) is 0 Å². The van der Waals surface area contributed by atoms with Gasteiger partial charge in [0, 0.05) is 16.8 Å². The highest BCUT2D eigenvalue weighted by Gasteiger charge is 2.24. The molecule has 1 heterocycles. The number of rotatable bonds is 1. The maximum absolute atomic E-state index is 12.4. The predicted molar refractivity (Wildman–Crippen MR) is 100 cm³/mol. The second-order valence-electron chi connectivity index (χ2n) is 6.53. The molecule has 24 heavy (non-hydrogen) atoms. The van der Waals surface area contributed by atoms with Gasteiger partial charge in [-0.2, -0.15) is 0 Å². The van der Waals surface area contributed by atoms with Gasteiger partial charge in [0.2, 0.25) is 0 Å². The van der Waals surface area contributed by atoms with Crippen LogP contribution in [0.25, 0.3) is 22.8 Å². The van der Waals surface area contributed by atoms with Crippen molar-refractivity contribution in [2.24, 2.45) is 0 Å². The molecule has 0 bridgehead atoms. The molecule has 0 fully saturated rings. The molecule has 0 saturated carbocycles. The molecule has 1 N–H and O–H groups in total. The summed E-state index contributed by atoms with van der Waals surface area (Å²) in [5.41, 5.74) is 9.92. The molecule has 0 saturated heterocycles. The number of nitrogens with one attached hydrogen (secondary N) is 1. The number of benzene rings is 1. The third-order valence-electron chi connectivity index (χ3n) is 4.71. The Bertz CT molecular complexity index is 981. The molecule has 0 unspecified atom stereocenters. The van der Waals surface area contributed by atoms with Crippen LogP contribution < -0.4 is 5.32 Å². The van der Waals surface area contributed by atoms with Gasteiger partial charge in [0.15, 0.2) is 0 Å². The van der Waals surface area contributed by atoms with Crippen molar-refractivity contribution < 1.29 is 4.79 Å². The maximum atomic E-state index is 12.4. The van der Waals surface area contributed by atoms with Crippen LogP contribution in [0.3, 0.4) is 0 Å². The first-order valence-electron chi connectivity index (χ1n) is 8.17. The number of fused-ring (bicyclic) bond motifs is 2. The summed E-state index contributed by atoms with van der Waals surface area (Å²) >= 11 is 0. The lowest BCUT2D eigenvalue weighted by atomic mass is 9.98. The fourth-order valence-electron chi connectivity index (χ4n) is 3.70. The Labute approximate surface area is 142 Å². The minimum Gasteiger partial charge on any atom is -0.321 e. The Balaban J connectivity index is 1.93. The normalized spacial score (nSPS) is 15.0. The molecule has 0 radical (unpaired) electrons. The lowest BCUT2D eigenvalue weighted by Crippen LogP contribution is -2.03. The second-order valence-corrected chi connectivity index (χ2v) is 6.53. The Morgan fingerprint density at radius 1 is 0.875 bits per heavy atom. The number of aryl methyl sites for hydroxylation is 3. The first kappa shape index (κ1) is 14.7. The van der Waals surface area contributed by atoms with Gasteiger partial charge in [-0.05, 0) is 60.7 Å². The second kappa shape index (κ2) is 5.34. The van der Waals surface area contributed by atoms with E-state index < -0.39 is 0 Å².